The molecule has 0 unspecified atom stereocenters. The zero-order valence-corrected chi connectivity index (χ0v) is 16.0. The first-order valence-electron chi connectivity index (χ1n) is 8.38. The van der Waals surface area contributed by atoms with Crippen molar-refractivity contribution < 1.29 is 9.53 Å². The highest BCUT2D eigenvalue weighted by molar-refractivity contribution is 9.10. The van der Waals surface area contributed by atoms with Crippen molar-refractivity contribution in [3.8, 4) is 5.75 Å². The molecule has 3 aromatic carbocycles. The topological polar surface area (TPSA) is 50.7 Å². The molecule has 0 aliphatic heterocycles. The minimum Gasteiger partial charge on any atom is -0.493 e. The smallest absolute Gasteiger partial charge is 0.244 e. The highest BCUT2D eigenvalue weighted by Gasteiger charge is 2.07. The first-order valence-corrected chi connectivity index (χ1v) is 9.17. The predicted molar refractivity (Wildman–Crippen MR) is 109 cm³/mol. The lowest BCUT2D eigenvalue weighted by Crippen LogP contribution is -2.19. The van der Waals surface area contributed by atoms with Gasteiger partial charge in [-0.15, -0.1) is 0 Å². The Hall–Kier alpha value is -2.66. The number of fused-ring (bicyclic) bond motifs is 1. The highest BCUT2D eigenvalue weighted by Crippen LogP contribution is 2.26. The average Bonchev–Trinajstić information content (AvgIpc) is 2.65. The Morgan fingerprint density at radius 3 is 2.65 bits per heavy atom. The van der Waals surface area contributed by atoms with Gasteiger partial charge in [0.15, 0.2) is 0 Å². The summed E-state index contributed by atoms with van der Waals surface area (Å²) in [6.07, 6.45) is 1.92. The van der Waals surface area contributed by atoms with E-state index < -0.39 is 0 Å². The normalized spacial score (nSPS) is 11.0. The van der Waals surface area contributed by atoms with Crippen molar-refractivity contribution in [1.82, 2.24) is 5.43 Å². The number of ether oxygens (including phenoxy) is 1. The van der Waals surface area contributed by atoms with Gasteiger partial charge < -0.3 is 4.74 Å². The number of benzene rings is 3. The monoisotopic (exact) mass is 410 g/mol. The second-order valence-electron chi connectivity index (χ2n) is 5.73. The van der Waals surface area contributed by atoms with Gasteiger partial charge >= 0.3 is 0 Å². The minimum absolute atomic E-state index is 0.165. The van der Waals surface area contributed by atoms with E-state index in [0.29, 0.717) is 6.61 Å². The van der Waals surface area contributed by atoms with Gasteiger partial charge in [0, 0.05) is 10.0 Å². The summed E-state index contributed by atoms with van der Waals surface area (Å²) in [6, 6.07) is 19.6. The van der Waals surface area contributed by atoms with Gasteiger partial charge in [-0.25, -0.2) is 5.43 Å². The lowest BCUT2D eigenvalue weighted by molar-refractivity contribution is -0.120. The van der Waals surface area contributed by atoms with Crippen molar-refractivity contribution in [2.75, 3.05) is 6.61 Å². The molecule has 0 bridgehead atoms. The molecular formula is C21H19BrN2O2. The zero-order valence-electron chi connectivity index (χ0n) is 14.4. The van der Waals surface area contributed by atoms with Crippen molar-refractivity contribution in [1.29, 1.82) is 0 Å². The van der Waals surface area contributed by atoms with E-state index >= 15 is 0 Å². The number of hydrogen-bond donors (Lipinski definition) is 1. The van der Waals surface area contributed by atoms with Crippen LogP contribution in [0, 0.1) is 0 Å². The standard InChI is InChI=1S/C21H19BrN2O2/c1-2-26-20-12-9-16-5-3-4-6-18(16)19(20)14-23-24-21(25)13-15-7-10-17(22)11-8-15/h3-12,14H,2,13H2,1H3,(H,24,25)/b23-14+. The molecule has 132 valence electrons. The molecule has 1 N–H and O–H groups in total. The summed E-state index contributed by atoms with van der Waals surface area (Å²) in [5.41, 5.74) is 4.38. The van der Waals surface area contributed by atoms with Crippen molar-refractivity contribution in [3.63, 3.8) is 0 Å². The fourth-order valence-corrected chi connectivity index (χ4v) is 2.95. The maximum atomic E-state index is 12.1. The van der Waals surface area contributed by atoms with Gasteiger partial charge in [0.05, 0.1) is 19.2 Å². The molecule has 0 radical (unpaired) electrons. The highest BCUT2D eigenvalue weighted by atomic mass is 79.9. The number of carbonyl (C=O) groups is 1. The second-order valence-corrected chi connectivity index (χ2v) is 6.64. The lowest BCUT2D eigenvalue weighted by Gasteiger charge is -2.10. The summed E-state index contributed by atoms with van der Waals surface area (Å²) in [7, 11) is 0. The number of amides is 1. The first-order chi connectivity index (χ1) is 12.7. The van der Waals surface area contributed by atoms with Crippen LogP contribution in [0.5, 0.6) is 5.75 Å². The van der Waals surface area contributed by atoms with Crippen LogP contribution in [0.1, 0.15) is 18.1 Å². The lowest BCUT2D eigenvalue weighted by atomic mass is 10.0. The average molecular weight is 411 g/mol. The number of hydrazone groups is 1. The molecule has 0 heterocycles. The van der Waals surface area contributed by atoms with E-state index in [0.717, 1.165) is 32.1 Å². The van der Waals surface area contributed by atoms with Crippen LogP contribution in [0.4, 0.5) is 0 Å². The molecule has 3 aromatic rings. The molecule has 0 saturated carbocycles. The molecule has 0 aliphatic rings. The van der Waals surface area contributed by atoms with E-state index in [2.05, 4.69) is 26.5 Å². The third kappa shape index (κ3) is 4.49. The molecule has 0 aliphatic carbocycles. The molecule has 4 nitrogen and oxygen atoms in total. The molecular weight excluding hydrogens is 392 g/mol. The summed E-state index contributed by atoms with van der Waals surface area (Å²) in [5, 5.41) is 6.26. The minimum atomic E-state index is -0.165. The fourth-order valence-electron chi connectivity index (χ4n) is 2.69. The zero-order chi connectivity index (χ0) is 18.4. The van der Waals surface area contributed by atoms with E-state index in [4.69, 9.17) is 4.74 Å². The second kappa shape index (κ2) is 8.63. The Labute approximate surface area is 161 Å². The maximum absolute atomic E-state index is 12.1. The summed E-state index contributed by atoms with van der Waals surface area (Å²) >= 11 is 3.38. The molecule has 26 heavy (non-hydrogen) atoms. The van der Waals surface area contributed by atoms with E-state index in [9.17, 15) is 4.79 Å². The van der Waals surface area contributed by atoms with E-state index in [1.807, 2.05) is 67.6 Å². The van der Waals surface area contributed by atoms with E-state index in [-0.39, 0.29) is 12.3 Å². The van der Waals surface area contributed by atoms with Crippen LogP contribution in [0.25, 0.3) is 10.8 Å². The number of halogens is 1. The quantitative estimate of drug-likeness (QED) is 0.473. The Balaban J connectivity index is 1.76. The van der Waals surface area contributed by atoms with Crippen LogP contribution in [0.3, 0.4) is 0 Å². The molecule has 5 heteroatoms. The van der Waals surface area contributed by atoms with Crippen LogP contribution in [-0.4, -0.2) is 18.7 Å². The fraction of sp³-hybridized carbons (Fsp3) is 0.143. The van der Waals surface area contributed by atoms with Gasteiger partial charge in [-0.1, -0.05) is 58.4 Å². The molecule has 0 atom stereocenters. The summed E-state index contributed by atoms with van der Waals surface area (Å²) in [5.74, 6) is 0.582. The predicted octanol–water partition coefficient (Wildman–Crippen LogP) is 4.69. The van der Waals surface area contributed by atoms with Gasteiger partial charge in [-0.3, -0.25) is 4.79 Å². The van der Waals surface area contributed by atoms with Crippen LogP contribution in [-0.2, 0) is 11.2 Å². The van der Waals surface area contributed by atoms with Crippen molar-refractivity contribution in [2.45, 2.75) is 13.3 Å². The molecule has 0 saturated heterocycles. The Kier molecular flexibility index (Phi) is 6.02. The Bertz CT molecular complexity index is 936. The van der Waals surface area contributed by atoms with E-state index in [1.165, 1.54) is 0 Å². The van der Waals surface area contributed by atoms with Crippen LogP contribution >= 0.6 is 15.9 Å². The van der Waals surface area contributed by atoms with Crippen LogP contribution in [0.15, 0.2) is 70.2 Å². The molecule has 1 amide bonds. The van der Waals surface area contributed by atoms with E-state index in [1.54, 1.807) is 6.21 Å². The third-order valence-corrected chi connectivity index (χ3v) is 4.42. The summed E-state index contributed by atoms with van der Waals surface area (Å²) in [6.45, 7) is 2.51. The Morgan fingerprint density at radius 1 is 1.12 bits per heavy atom. The molecule has 0 fully saturated rings. The Morgan fingerprint density at radius 2 is 1.88 bits per heavy atom. The van der Waals surface area contributed by atoms with Crippen molar-refractivity contribution >= 4 is 38.8 Å². The molecule has 0 aromatic heterocycles. The van der Waals surface area contributed by atoms with Gasteiger partial charge in [0.1, 0.15) is 5.75 Å². The number of hydrogen-bond acceptors (Lipinski definition) is 3. The van der Waals surface area contributed by atoms with Crippen molar-refractivity contribution in [3.05, 3.63) is 76.3 Å². The van der Waals surface area contributed by atoms with Gasteiger partial charge in [0.25, 0.3) is 0 Å². The summed E-state index contributed by atoms with van der Waals surface area (Å²) < 4.78 is 6.69. The summed E-state index contributed by atoms with van der Waals surface area (Å²) in [4.78, 5) is 12.1. The van der Waals surface area contributed by atoms with Crippen molar-refractivity contribution in [2.24, 2.45) is 5.10 Å². The molecule has 0 spiro atoms. The number of nitrogens with one attached hydrogen (secondary N) is 1. The number of nitrogens with zero attached hydrogens (tertiary/aromatic N) is 1. The van der Waals surface area contributed by atoms with Gasteiger partial charge in [0.2, 0.25) is 5.91 Å². The maximum Gasteiger partial charge on any atom is 0.244 e. The first kappa shape index (κ1) is 18.1. The number of rotatable bonds is 6. The third-order valence-electron chi connectivity index (χ3n) is 3.89. The SMILES string of the molecule is CCOc1ccc2ccccc2c1/C=N/NC(=O)Cc1ccc(Br)cc1. The molecule has 3 rings (SSSR count). The largest absolute Gasteiger partial charge is 0.493 e. The number of carbonyl (C=O) groups excluding carboxylic acids is 1. The van der Waals surface area contributed by atoms with Gasteiger partial charge in [-0.2, -0.15) is 5.10 Å². The van der Waals surface area contributed by atoms with Crippen LogP contribution in [0.2, 0.25) is 0 Å². The van der Waals surface area contributed by atoms with Gasteiger partial charge in [-0.05, 0) is 41.5 Å². The van der Waals surface area contributed by atoms with Crippen LogP contribution < -0.4 is 10.2 Å².